The van der Waals surface area contributed by atoms with E-state index < -0.39 is 10.0 Å². The van der Waals surface area contributed by atoms with Crippen LogP contribution in [0.5, 0.6) is 0 Å². The van der Waals surface area contributed by atoms with Crippen LogP contribution in [0.15, 0.2) is 17.3 Å². The predicted octanol–water partition coefficient (Wildman–Crippen LogP) is 1.26. The summed E-state index contributed by atoms with van der Waals surface area (Å²) in [4.78, 5) is 0.622. The topological polar surface area (TPSA) is 64.0 Å². The molecular weight excluding hydrogens is 294 g/mol. The van der Waals surface area contributed by atoms with Crippen molar-refractivity contribution in [1.82, 2.24) is 14.5 Å². The van der Waals surface area contributed by atoms with Gasteiger partial charge in [0.15, 0.2) is 0 Å². The van der Waals surface area contributed by atoms with Crippen LogP contribution in [0.25, 0.3) is 0 Å². The van der Waals surface area contributed by atoms with Gasteiger partial charge in [0.2, 0.25) is 10.0 Å². The maximum atomic E-state index is 11.7. The first-order valence-electron chi connectivity index (χ1n) is 5.04. The second-order valence-electron chi connectivity index (χ2n) is 3.67. The van der Waals surface area contributed by atoms with Gasteiger partial charge < -0.3 is 0 Å². The highest BCUT2D eigenvalue weighted by Crippen LogP contribution is 2.08. The van der Waals surface area contributed by atoms with Gasteiger partial charge in [0, 0.05) is 24.6 Å². The first-order chi connectivity index (χ1) is 7.42. The van der Waals surface area contributed by atoms with Crippen LogP contribution in [0, 0.1) is 0 Å². The van der Waals surface area contributed by atoms with Crippen LogP contribution >= 0.6 is 15.9 Å². The van der Waals surface area contributed by atoms with E-state index in [4.69, 9.17) is 0 Å². The van der Waals surface area contributed by atoms with Gasteiger partial charge in [0.05, 0.1) is 6.20 Å². The summed E-state index contributed by atoms with van der Waals surface area (Å²) in [6, 6.07) is 0. The van der Waals surface area contributed by atoms with Crippen LogP contribution in [-0.2, 0) is 17.1 Å². The second kappa shape index (κ2) is 5.79. The lowest BCUT2D eigenvalue weighted by atomic mass is 10.2. The van der Waals surface area contributed by atoms with E-state index in [-0.39, 0.29) is 4.90 Å². The van der Waals surface area contributed by atoms with Crippen LogP contribution in [0.4, 0.5) is 0 Å². The molecule has 92 valence electrons. The number of aromatic nitrogens is 2. The Morgan fingerprint density at radius 2 is 2.31 bits per heavy atom. The lowest BCUT2D eigenvalue weighted by Crippen LogP contribution is -2.24. The molecule has 1 rings (SSSR count). The van der Waals surface area contributed by atoms with E-state index in [0.29, 0.717) is 11.4 Å². The molecule has 5 nitrogen and oxygen atoms in total. The molecule has 1 aromatic heterocycles. The molecule has 0 aliphatic carbocycles. The highest BCUT2D eigenvalue weighted by atomic mass is 79.9. The number of nitrogens with one attached hydrogen (secondary N) is 1. The molecular formula is C9H16BrN3O2S. The van der Waals surface area contributed by atoms with Crippen molar-refractivity contribution >= 4 is 26.0 Å². The van der Waals surface area contributed by atoms with E-state index in [1.54, 1.807) is 7.05 Å². The Morgan fingerprint density at radius 3 is 2.81 bits per heavy atom. The first-order valence-corrected chi connectivity index (χ1v) is 7.44. The number of alkyl halides is 1. The fraction of sp³-hybridized carbons (Fsp3) is 0.667. The van der Waals surface area contributed by atoms with Gasteiger partial charge in [-0.2, -0.15) is 5.10 Å². The molecule has 16 heavy (non-hydrogen) atoms. The second-order valence-corrected chi connectivity index (χ2v) is 7.00. The van der Waals surface area contributed by atoms with E-state index in [9.17, 15) is 8.42 Å². The Kier molecular flexibility index (Phi) is 4.94. The summed E-state index contributed by atoms with van der Waals surface area (Å²) in [6.07, 6.45) is 4.58. The Hall–Kier alpha value is -0.400. The first kappa shape index (κ1) is 13.7. The lowest BCUT2D eigenvalue weighted by molar-refractivity contribution is 0.576. The minimum absolute atomic E-state index is 0.210. The van der Waals surface area contributed by atoms with Gasteiger partial charge in [-0.3, -0.25) is 4.68 Å². The van der Waals surface area contributed by atoms with E-state index in [1.807, 2.05) is 6.92 Å². The van der Waals surface area contributed by atoms with Crippen LogP contribution < -0.4 is 4.72 Å². The zero-order valence-electron chi connectivity index (χ0n) is 9.35. The number of rotatable bonds is 6. The molecule has 0 saturated heterocycles. The van der Waals surface area contributed by atoms with Gasteiger partial charge in [-0.15, -0.1) is 0 Å². The molecule has 0 saturated carbocycles. The number of nitrogens with zero attached hydrogens (tertiary/aromatic N) is 2. The summed E-state index contributed by atoms with van der Waals surface area (Å²) in [6.45, 7) is 2.49. The Balaban J connectivity index is 2.47. The molecule has 0 aliphatic rings. The Labute approximate surface area is 104 Å². The van der Waals surface area contributed by atoms with Crippen LogP contribution in [0.2, 0.25) is 0 Å². The Bertz CT molecular complexity index is 428. The van der Waals surface area contributed by atoms with Gasteiger partial charge in [0.25, 0.3) is 0 Å². The Morgan fingerprint density at radius 1 is 1.62 bits per heavy atom. The van der Waals surface area contributed by atoms with Crippen LogP contribution in [-0.4, -0.2) is 29.6 Å². The third-order valence-corrected chi connectivity index (χ3v) is 3.94. The van der Waals surface area contributed by atoms with Crippen molar-refractivity contribution in [3.05, 3.63) is 12.4 Å². The molecule has 0 fully saturated rings. The third kappa shape index (κ3) is 4.23. The number of halogens is 1. The standard InChI is InChI=1S/C9H16BrN3O2S/c1-8(10)4-3-5-12-16(14,15)9-6-11-13(2)7-9/h6-8,12H,3-5H2,1-2H3. The number of hydrogen-bond donors (Lipinski definition) is 1. The third-order valence-electron chi connectivity index (χ3n) is 2.06. The van der Waals surface area contributed by atoms with Crippen molar-refractivity contribution < 1.29 is 8.42 Å². The predicted molar refractivity (Wildman–Crippen MR) is 66.0 cm³/mol. The number of aryl methyl sites for hydroxylation is 1. The lowest BCUT2D eigenvalue weighted by Gasteiger charge is -2.05. The summed E-state index contributed by atoms with van der Waals surface area (Å²) >= 11 is 3.41. The summed E-state index contributed by atoms with van der Waals surface area (Å²) in [5.41, 5.74) is 0. The van der Waals surface area contributed by atoms with Crippen molar-refractivity contribution in [2.45, 2.75) is 29.5 Å². The fourth-order valence-electron chi connectivity index (χ4n) is 1.21. The van der Waals surface area contributed by atoms with Crippen molar-refractivity contribution in [3.8, 4) is 0 Å². The maximum absolute atomic E-state index is 11.7. The monoisotopic (exact) mass is 309 g/mol. The molecule has 0 spiro atoms. The molecule has 1 N–H and O–H groups in total. The molecule has 0 radical (unpaired) electrons. The fourth-order valence-corrected chi connectivity index (χ4v) is 2.59. The maximum Gasteiger partial charge on any atom is 0.243 e. The molecule has 1 unspecified atom stereocenters. The molecule has 1 atom stereocenters. The van der Waals surface area contributed by atoms with Gasteiger partial charge >= 0.3 is 0 Å². The largest absolute Gasteiger partial charge is 0.274 e. The van der Waals surface area contributed by atoms with Gasteiger partial charge in [-0.05, 0) is 12.8 Å². The molecule has 1 heterocycles. The van der Waals surface area contributed by atoms with Crippen LogP contribution in [0.1, 0.15) is 19.8 Å². The zero-order chi connectivity index (χ0) is 12.2. The normalized spacial score (nSPS) is 13.9. The summed E-state index contributed by atoms with van der Waals surface area (Å²) in [7, 11) is -1.70. The van der Waals surface area contributed by atoms with E-state index >= 15 is 0 Å². The molecule has 0 bridgehead atoms. The molecule has 7 heteroatoms. The molecule has 0 aromatic carbocycles. The molecule has 1 aromatic rings. The van der Waals surface area contributed by atoms with Gasteiger partial charge in [-0.25, -0.2) is 13.1 Å². The average Bonchev–Trinajstić information content (AvgIpc) is 2.60. The van der Waals surface area contributed by atoms with E-state index in [2.05, 4.69) is 25.8 Å². The van der Waals surface area contributed by atoms with E-state index in [1.165, 1.54) is 17.1 Å². The van der Waals surface area contributed by atoms with Crippen molar-refractivity contribution in [3.63, 3.8) is 0 Å². The quantitative estimate of drug-likeness (QED) is 0.635. The smallest absolute Gasteiger partial charge is 0.243 e. The van der Waals surface area contributed by atoms with Crippen LogP contribution in [0.3, 0.4) is 0 Å². The van der Waals surface area contributed by atoms with Crippen molar-refractivity contribution in [2.24, 2.45) is 7.05 Å². The van der Waals surface area contributed by atoms with Crippen molar-refractivity contribution in [1.29, 1.82) is 0 Å². The highest BCUT2D eigenvalue weighted by molar-refractivity contribution is 9.09. The van der Waals surface area contributed by atoms with Gasteiger partial charge in [-0.1, -0.05) is 22.9 Å². The zero-order valence-corrected chi connectivity index (χ0v) is 11.8. The highest BCUT2D eigenvalue weighted by Gasteiger charge is 2.14. The number of hydrogen-bond acceptors (Lipinski definition) is 3. The molecule has 0 aliphatic heterocycles. The van der Waals surface area contributed by atoms with Crippen molar-refractivity contribution in [2.75, 3.05) is 6.54 Å². The SMILES string of the molecule is CC(Br)CCCNS(=O)(=O)c1cnn(C)c1. The summed E-state index contributed by atoms with van der Waals surface area (Å²) in [5.74, 6) is 0. The average molecular weight is 310 g/mol. The van der Waals surface area contributed by atoms with E-state index in [0.717, 1.165) is 12.8 Å². The summed E-state index contributed by atoms with van der Waals surface area (Å²) < 4.78 is 27.4. The number of sulfonamides is 1. The molecule has 0 amide bonds. The minimum Gasteiger partial charge on any atom is -0.274 e. The summed E-state index contributed by atoms with van der Waals surface area (Å²) in [5, 5.41) is 3.83. The van der Waals surface area contributed by atoms with Gasteiger partial charge in [0.1, 0.15) is 4.90 Å². The minimum atomic E-state index is -3.39.